The molecule has 1 N–H and O–H groups in total. The number of nitrogens with zero attached hydrogens (tertiary/aromatic N) is 1. The van der Waals surface area contributed by atoms with Crippen LogP contribution in [0.25, 0.3) is 0 Å². The van der Waals surface area contributed by atoms with E-state index < -0.39 is 21.4 Å². The number of carbonyl (C=O) groups is 1. The van der Waals surface area contributed by atoms with Crippen LogP contribution in [0.1, 0.15) is 18.9 Å². The number of aliphatic carboxylic acids is 1. The molecule has 1 heterocycles. The minimum absolute atomic E-state index is 0.0160. The maximum atomic E-state index is 12.6. The molecule has 1 saturated heterocycles. The van der Waals surface area contributed by atoms with Crippen LogP contribution in [-0.2, 0) is 14.8 Å². The summed E-state index contributed by atoms with van der Waals surface area (Å²) in [6, 6.07) is 2.68. The van der Waals surface area contributed by atoms with Gasteiger partial charge in [0.05, 0.1) is 10.3 Å². The molecule has 116 valence electrons. The molecule has 1 aromatic rings. The third kappa shape index (κ3) is 2.90. The van der Waals surface area contributed by atoms with E-state index in [-0.39, 0.29) is 34.5 Å². The number of sulfonamides is 1. The molecule has 1 unspecified atom stereocenters. The molecule has 0 bridgehead atoms. The second kappa shape index (κ2) is 5.43. The Labute approximate surface area is 133 Å². The summed E-state index contributed by atoms with van der Waals surface area (Å²) < 4.78 is 26.3. The number of hydrogen-bond acceptors (Lipinski definition) is 3. The standard InChI is InChI=1S/C13H15Cl2NO4S/c1-8-10(14)5-9(6-11(8)15)21(19,20)16-4-3-13(2,7-16)12(17)18/h5-6H,3-4,7H2,1-2H3,(H,17,18). The van der Waals surface area contributed by atoms with E-state index in [1.165, 1.54) is 16.4 Å². The molecular weight excluding hydrogens is 337 g/mol. The zero-order chi connectivity index (χ0) is 16.0. The minimum Gasteiger partial charge on any atom is -0.481 e. The van der Waals surface area contributed by atoms with Crippen LogP contribution in [0.5, 0.6) is 0 Å². The van der Waals surface area contributed by atoms with Gasteiger partial charge in [0, 0.05) is 23.1 Å². The molecule has 0 saturated carbocycles. The SMILES string of the molecule is Cc1c(Cl)cc(S(=O)(=O)N2CCC(C)(C(=O)O)C2)cc1Cl. The van der Waals surface area contributed by atoms with Gasteiger partial charge in [0.15, 0.2) is 0 Å². The van der Waals surface area contributed by atoms with Crippen molar-refractivity contribution in [2.24, 2.45) is 5.41 Å². The van der Waals surface area contributed by atoms with Gasteiger partial charge in [0.1, 0.15) is 0 Å². The average Bonchev–Trinajstić information content (AvgIpc) is 2.80. The number of halogens is 2. The Balaban J connectivity index is 2.39. The average molecular weight is 352 g/mol. The molecule has 1 fully saturated rings. The Hall–Kier alpha value is -0.820. The molecule has 1 aromatic carbocycles. The fourth-order valence-electron chi connectivity index (χ4n) is 2.22. The predicted octanol–water partition coefficient (Wildman–Crippen LogP) is 2.79. The van der Waals surface area contributed by atoms with Crippen molar-refractivity contribution in [2.75, 3.05) is 13.1 Å². The molecule has 0 spiro atoms. The molecule has 1 atom stereocenters. The van der Waals surface area contributed by atoms with Crippen LogP contribution in [0.15, 0.2) is 17.0 Å². The Bertz CT molecular complexity index is 681. The molecule has 1 aliphatic heterocycles. The Morgan fingerprint density at radius 1 is 1.33 bits per heavy atom. The van der Waals surface area contributed by atoms with Gasteiger partial charge < -0.3 is 5.11 Å². The van der Waals surface area contributed by atoms with E-state index in [9.17, 15) is 18.3 Å². The van der Waals surface area contributed by atoms with Crippen molar-refractivity contribution in [1.29, 1.82) is 0 Å². The van der Waals surface area contributed by atoms with E-state index >= 15 is 0 Å². The van der Waals surface area contributed by atoms with E-state index in [0.717, 1.165) is 0 Å². The maximum Gasteiger partial charge on any atom is 0.310 e. The highest BCUT2D eigenvalue weighted by Gasteiger charge is 2.45. The van der Waals surface area contributed by atoms with Gasteiger partial charge in [-0.2, -0.15) is 4.31 Å². The summed E-state index contributed by atoms with van der Waals surface area (Å²) in [4.78, 5) is 11.2. The smallest absolute Gasteiger partial charge is 0.310 e. The summed E-state index contributed by atoms with van der Waals surface area (Å²) in [7, 11) is -3.80. The Morgan fingerprint density at radius 2 is 1.86 bits per heavy atom. The minimum atomic E-state index is -3.80. The topological polar surface area (TPSA) is 74.7 Å². The first-order chi connectivity index (χ1) is 9.58. The fourth-order valence-corrected chi connectivity index (χ4v) is 4.45. The summed E-state index contributed by atoms with van der Waals surface area (Å²) in [6.07, 6.45) is 0.273. The predicted molar refractivity (Wildman–Crippen MR) is 80.3 cm³/mol. The molecule has 0 aliphatic carbocycles. The Morgan fingerprint density at radius 3 is 2.29 bits per heavy atom. The number of carboxylic acid groups (broad SMARTS) is 1. The maximum absolute atomic E-state index is 12.6. The van der Waals surface area contributed by atoms with Gasteiger partial charge in [0.2, 0.25) is 10.0 Å². The monoisotopic (exact) mass is 351 g/mol. The third-order valence-electron chi connectivity index (χ3n) is 3.85. The molecule has 2 rings (SSSR count). The number of benzene rings is 1. The van der Waals surface area contributed by atoms with E-state index in [1.54, 1.807) is 13.8 Å². The van der Waals surface area contributed by atoms with Crippen LogP contribution in [0.2, 0.25) is 10.0 Å². The molecule has 0 aromatic heterocycles. The van der Waals surface area contributed by atoms with E-state index in [0.29, 0.717) is 5.56 Å². The van der Waals surface area contributed by atoms with Gasteiger partial charge >= 0.3 is 5.97 Å². The summed E-state index contributed by atoms with van der Waals surface area (Å²) in [6.45, 7) is 3.33. The van der Waals surface area contributed by atoms with Crippen molar-refractivity contribution < 1.29 is 18.3 Å². The van der Waals surface area contributed by atoms with Gasteiger partial charge in [0.25, 0.3) is 0 Å². The quantitative estimate of drug-likeness (QED) is 0.908. The van der Waals surface area contributed by atoms with Crippen molar-refractivity contribution in [2.45, 2.75) is 25.2 Å². The van der Waals surface area contributed by atoms with Gasteiger partial charge in [-0.3, -0.25) is 4.79 Å². The van der Waals surface area contributed by atoms with Crippen molar-refractivity contribution in [3.8, 4) is 0 Å². The molecular formula is C13H15Cl2NO4S. The molecule has 5 nitrogen and oxygen atoms in total. The van der Waals surface area contributed by atoms with Crippen molar-refractivity contribution >= 4 is 39.2 Å². The van der Waals surface area contributed by atoms with Crippen LogP contribution in [0, 0.1) is 12.3 Å². The zero-order valence-electron chi connectivity index (χ0n) is 11.6. The first kappa shape index (κ1) is 16.5. The summed E-state index contributed by atoms with van der Waals surface area (Å²) in [5, 5.41) is 9.72. The van der Waals surface area contributed by atoms with Crippen LogP contribution in [0.3, 0.4) is 0 Å². The van der Waals surface area contributed by atoms with Crippen LogP contribution in [-0.4, -0.2) is 36.9 Å². The van der Waals surface area contributed by atoms with E-state index in [2.05, 4.69) is 0 Å². The van der Waals surface area contributed by atoms with Crippen LogP contribution < -0.4 is 0 Å². The lowest BCUT2D eigenvalue weighted by Gasteiger charge is -2.20. The number of hydrogen-bond donors (Lipinski definition) is 1. The lowest BCUT2D eigenvalue weighted by molar-refractivity contribution is -0.146. The molecule has 21 heavy (non-hydrogen) atoms. The first-order valence-corrected chi connectivity index (χ1v) is 8.47. The fraction of sp³-hybridized carbons (Fsp3) is 0.462. The second-order valence-electron chi connectivity index (χ2n) is 5.47. The van der Waals surface area contributed by atoms with Crippen molar-refractivity contribution in [1.82, 2.24) is 4.31 Å². The highest BCUT2D eigenvalue weighted by atomic mass is 35.5. The van der Waals surface area contributed by atoms with Crippen LogP contribution in [0.4, 0.5) is 0 Å². The lowest BCUT2D eigenvalue weighted by Crippen LogP contribution is -2.34. The summed E-state index contributed by atoms with van der Waals surface area (Å²) in [5.74, 6) is -1.000. The lowest BCUT2D eigenvalue weighted by atomic mass is 9.90. The molecule has 0 amide bonds. The molecule has 0 radical (unpaired) electrons. The number of carboxylic acids is 1. The largest absolute Gasteiger partial charge is 0.481 e. The molecule has 8 heteroatoms. The number of rotatable bonds is 3. The first-order valence-electron chi connectivity index (χ1n) is 6.27. The van der Waals surface area contributed by atoms with Crippen LogP contribution >= 0.6 is 23.2 Å². The Kier molecular flexibility index (Phi) is 4.28. The second-order valence-corrected chi connectivity index (χ2v) is 8.22. The summed E-state index contributed by atoms with van der Waals surface area (Å²) >= 11 is 12.0. The van der Waals surface area contributed by atoms with Gasteiger partial charge in [-0.05, 0) is 38.0 Å². The normalized spacial score (nSPS) is 23.4. The van der Waals surface area contributed by atoms with Gasteiger partial charge in [-0.15, -0.1) is 0 Å². The van der Waals surface area contributed by atoms with Gasteiger partial charge in [-0.25, -0.2) is 8.42 Å². The van der Waals surface area contributed by atoms with Crippen molar-refractivity contribution in [3.63, 3.8) is 0 Å². The van der Waals surface area contributed by atoms with E-state index in [1.807, 2.05) is 0 Å². The third-order valence-corrected chi connectivity index (χ3v) is 6.45. The zero-order valence-corrected chi connectivity index (χ0v) is 13.9. The van der Waals surface area contributed by atoms with Gasteiger partial charge in [-0.1, -0.05) is 23.2 Å². The molecule has 1 aliphatic rings. The van der Waals surface area contributed by atoms with Crippen molar-refractivity contribution in [3.05, 3.63) is 27.7 Å². The van der Waals surface area contributed by atoms with E-state index in [4.69, 9.17) is 23.2 Å². The summed E-state index contributed by atoms with van der Waals surface area (Å²) in [5.41, 5.74) is -0.459. The highest BCUT2D eigenvalue weighted by Crippen LogP contribution is 2.35. The highest BCUT2D eigenvalue weighted by molar-refractivity contribution is 7.89.